The zero-order valence-electron chi connectivity index (χ0n) is 22.0. The summed E-state index contributed by atoms with van der Waals surface area (Å²) in [6, 6.07) is 20.5. The topological polar surface area (TPSA) is 98.0 Å². The fraction of sp³-hybridized carbons (Fsp3) is 0.188. The molecule has 0 aliphatic carbocycles. The Bertz CT molecular complexity index is 1540. The minimum absolute atomic E-state index is 0.0620. The molecule has 1 atom stereocenters. The van der Waals surface area contributed by atoms with E-state index in [1.807, 2.05) is 85.9 Å². The zero-order chi connectivity index (χ0) is 28.5. The SMILES string of the molecule is C/C=C/C(Oc1ccc(/C=C/c2cccc3c(CCCC(=O)O)cn(CC(=O)O)c23)cc1)Oc1ccccc1Cl. The summed E-state index contributed by atoms with van der Waals surface area (Å²) in [5.41, 5.74) is 3.53. The van der Waals surface area contributed by atoms with Gasteiger partial charge in [-0.15, -0.1) is 0 Å². The number of nitrogens with zero attached hydrogens (tertiary/aromatic N) is 1. The Labute approximate surface area is 237 Å². The van der Waals surface area contributed by atoms with Crippen molar-refractivity contribution in [2.45, 2.75) is 39.0 Å². The van der Waals surface area contributed by atoms with Gasteiger partial charge in [0.2, 0.25) is 0 Å². The molecular weight excluding hydrogens is 530 g/mol. The van der Waals surface area contributed by atoms with E-state index in [1.54, 1.807) is 22.8 Å². The van der Waals surface area contributed by atoms with Crippen LogP contribution < -0.4 is 9.47 Å². The number of aliphatic carboxylic acids is 2. The summed E-state index contributed by atoms with van der Waals surface area (Å²) in [7, 11) is 0. The number of allylic oxidation sites excluding steroid dienone is 1. The van der Waals surface area contributed by atoms with Gasteiger partial charge in [-0.3, -0.25) is 9.59 Å². The molecule has 0 radical (unpaired) electrons. The molecule has 0 amide bonds. The number of carbonyl (C=O) groups is 2. The van der Waals surface area contributed by atoms with E-state index in [0.29, 0.717) is 29.4 Å². The molecular formula is C32H30ClNO6. The molecule has 0 saturated heterocycles. The van der Waals surface area contributed by atoms with Gasteiger partial charge in [-0.2, -0.15) is 0 Å². The summed E-state index contributed by atoms with van der Waals surface area (Å²) >= 11 is 6.22. The van der Waals surface area contributed by atoms with Gasteiger partial charge in [-0.05, 0) is 66.8 Å². The monoisotopic (exact) mass is 559 g/mol. The van der Waals surface area contributed by atoms with Crippen molar-refractivity contribution < 1.29 is 29.3 Å². The Morgan fingerprint density at radius 1 is 0.950 bits per heavy atom. The van der Waals surface area contributed by atoms with Crippen LogP contribution in [0, 0.1) is 0 Å². The van der Waals surface area contributed by atoms with E-state index in [1.165, 1.54) is 0 Å². The summed E-state index contributed by atoms with van der Waals surface area (Å²) < 4.78 is 13.6. The summed E-state index contributed by atoms with van der Waals surface area (Å²) in [6.07, 6.45) is 9.79. The van der Waals surface area contributed by atoms with E-state index in [2.05, 4.69) is 0 Å². The number of rotatable bonds is 13. The van der Waals surface area contributed by atoms with Crippen LogP contribution in [-0.4, -0.2) is 33.0 Å². The smallest absolute Gasteiger partial charge is 0.323 e. The molecule has 40 heavy (non-hydrogen) atoms. The first-order valence-electron chi connectivity index (χ1n) is 12.9. The quantitative estimate of drug-likeness (QED) is 0.101. The Morgan fingerprint density at radius 3 is 2.42 bits per heavy atom. The number of carboxylic acid groups (broad SMARTS) is 2. The Kier molecular flexibility index (Phi) is 9.65. The summed E-state index contributed by atoms with van der Waals surface area (Å²) in [4.78, 5) is 22.5. The van der Waals surface area contributed by atoms with Gasteiger partial charge in [-0.1, -0.05) is 72.3 Å². The van der Waals surface area contributed by atoms with Crippen LogP contribution in [0.1, 0.15) is 36.5 Å². The number of fused-ring (bicyclic) bond motifs is 1. The first-order chi connectivity index (χ1) is 19.3. The molecule has 3 aromatic carbocycles. The molecule has 1 aromatic heterocycles. The molecule has 8 heteroatoms. The van der Waals surface area contributed by atoms with Crippen molar-refractivity contribution in [3.8, 4) is 11.5 Å². The van der Waals surface area contributed by atoms with Gasteiger partial charge < -0.3 is 24.3 Å². The van der Waals surface area contributed by atoms with E-state index in [0.717, 1.165) is 27.6 Å². The van der Waals surface area contributed by atoms with Crippen molar-refractivity contribution in [1.82, 2.24) is 4.57 Å². The van der Waals surface area contributed by atoms with Crippen LogP contribution in [0.25, 0.3) is 23.1 Å². The summed E-state index contributed by atoms with van der Waals surface area (Å²) in [5.74, 6) is -0.646. The summed E-state index contributed by atoms with van der Waals surface area (Å²) in [6.45, 7) is 1.70. The van der Waals surface area contributed by atoms with Gasteiger partial charge >= 0.3 is 11.9 Å². The van der Waals surface area contributed by atoms with Gasteiger partial charge in [0.1, 0.15) is 18.0 Å². The molecule has 0 aliphatic heterocycles. The second-order valence-electron chi connectivity index (χ2n) is 9.13. The fourth-order valence-corrected chi connectivity index (χ4v) is 4.58. The first-order valence-corrected chi connectivity index (χ1v) is 13.2. The first kappa shape index (κ1) is 28.5. The van der Waals surface area contributed by atoms with E-state index < -0.39 is 18.2 Å². The summed E-state index contributed by atoms with van der Waals surface area (Å²) in [5, 5.41) is 19.9. The highest BCUT2D eigenvalue weighted by Gasteiger charge is 2.14. The van der Waals surface area contributed by atoms with Crippen LogP contribution >= 0.6 is 11.6 Å². The Morgan fingerprint density at radius 2 is 1.73 bits per heavy atom. The molecule has 0 aliphatic rings. The fourth-order valence-electron chi connectivity index (χ4n) is 4.40. The maximum absolute atomic E-state index is 11.5. The van der Waals surface area contributed by atoms with E-state index >= 15 is 0 Å². The average Bonchev–Trinajstić information content (AvgIpc) is 3.26. The van der Waals surface area contributed by atoms with Crippen LogP contribution in [0.5, 0.6) is 11.5 Å². The molecule has 2 N–H and O–H groups in total. The third-order valence-corrected chi connectivity index (χ3v) is 6.48. The average molecular weight is 560 g/mol. The standard InChI is InChI=1S/C32H30ClNO6/c1-2-7-31(40-28-12-4-3-11-27(28)33)39-25-18-15-22(16-19-25)14-17-23-8-5-10-26-24(9-6-13-29(35)36)20-34(32(23)26)21-30(37)38/h2-5,7-8,10-12,14-20,31H,6,9,13,21H2,1H3,(H,35,36)(H,37,38)/b7-2+,17-14+. The molecule has 4 aromatic rings. The second-order valence-corrected chi connectivity index (χ2v) is 9.54. The lowest BCUT2D eigenvalue weighted by molar-refractivity contribution is -0.138. The number of hydrogen-bond donors (Lipinski definition) is 2. The van der Waals surface area contributed by atoms with Crippen LogP contribution in [0.15, 0.2) is 85.1 Å². The van der Waals surface area contributed by atoms with E-state index in [-0.39, 0.29) is 13.0 Å². The highest BCUT2D eigenvalue weighted by Crippen LogP contribution is 2.29. The maximum atomic E-state index is 11.5. The molecule has 7 nitrogen and oxygen atoms in total. The van der Waals surface area contributed by atoms with E-state index in [4.69, 9.17) is 26.2 Å². The molecule has 0 saturated carbocycles. The number of para-hydroxylation sites is 2. The highest BCUT2D eigenvalue weighted by atomic mass is 35.5. The van der Waals surface area contributed by atoms with Crippen molar-refractivity contribution in [3.63, 3.8) is 0 Å². The van der Waals surface area contributed by atoms with Crippen LogP contribution in [-0.2, 0) is 22.6 Å². The van der Waals surface area contributed by atoms with E-state index in [9.17, 15) is 14.7 Å². The number of carboxylic acids is 2. The highest BCUT2D eigenvalue weighted by molar-refractivity contribution is 6.32. The lowest BCUT2D eigenvalue weighted by Gasteiger charge is -2.18. The number of aromatic nitrogens is 1. The predicted molar refractivity (Wildman–Crippen MR) is 157 cm³/mol. The van der Waals surface area contributed by atoms with Gasteiger partial charge in [-0.25, -0.2) is 0 Å². The molecule has 0 fully saturated rings. The zero-order valence-corrected chi connectivity index (χ0v) is 22.8. The predicted octanol–water partition coefficient (Wildman–Crippen LogP) is 7.32. The van der Waals surface area contributed by atoms with Gasteiger partial charge in [0.05, 0.1) is 10.5 Å². The third kappa shape index (κ3) is 7.55. The number of aryl methyl sites for hydroxylation is 1. The lowest BCUT2D eigenvalue weighted by Crippen LogP contribution is -2.21. The molecule has 206 valence electrons. The van der Waals surface area contributed by atoms with Crippen molar-refractivity contribution in [2.24, 2.45) is 0 Å². The van der Waals surface area contributed by atoms with Crippen molar-refractivity contribution in [1.29, 1.82) is 0 Å². The molecule has 0 bridgehead atoms. The second kappa shape index (κ2) is 13.5. The number of benzene rings is 3. The maximum Gasteiger partial charge on any atom is 0.323 e. The number of halogens is 1. The largest absolute Gasteiger partial charge is 0.481 e. The van der Waals surface area contributed by atoms with Gasteiger partial charge in [0.15, 0.2) is 0 Å². The molecule has 0 spiro atoms. The van der Waals surface area contributed by atoms with Crippen molar-refractivity contribution in [2.75, 3.05) is 0 Å². The Balaban J connectivity index is 1.53. The lowest BCUT2D eigenvalue weighted by atomic mass is 10.0. The van der Waals surface area contributed by atoms with Crippen LogP contribution in [0.2, 0.25) is 5.02 Å². The number of ether oxygens (including phenoxy) is 2. The molecule has 1 heterocycles. The van der Waals surface area contributed by atoms with Gasteiger partial charge in [0.25, 0.3) is 6.29 Å². The molecule has 1 unspecified atom stereocenters. The van der Waals surface area contributed by atoms with Crippen LogP contribution in [0.4, 0.5) is 0 Å². The Hall–Kier alpha value is -4.49. The minimum Gasteiger partial charge on any atom is -0.481 e. The minimum atomic E-state index is -0.946. The third-order valence-electron chi connectivity index (χ3n) is 6.17. The van der Waals surface area contributed by atoms with Crippen molar-refractivity contribution >= 4 is 46.6 Å². The van der Waals surface area contributed by atoms with Crippen LogP contribution in [0.3, 0.4) is 0 Å². The molecule has 4 rings (SSSR count). The van der Waals surface area contributed by atoms with Gasteiger partial charge in [0, 0.05) is 18.0 Å². The number of hydrogen-bond acceptors (Lipinski definition) is 4. The van der Waals surface area contributed by atoms with Crippen molar-refractivity contribution in [3.05, 3.63) is 107 Å². The normalized spacial score (nSPS) is 12.2.